The summed E-state index contributed by atoms with van der Waals surface area (Å²) >= 11 is 0. The molecule has 0 aliphatic rings. The van der Waals surface area contributed by atoms with Crippen molar-refractivity contribution in [1.82, 2.24) is 4.90 Å². The average molecular weight is 183 g/mol. The van der Waals surface area contributed by atoms with Crippen LogP contribution < -0.4 is 0 Å². The van der Waals surface area contributed by atoms with Gasteiger partial charge in [0.1, 0.15) is 0 Å². The smallest absolute Gasteiger partial charge is 0.00412 e. The highest BCUT2D eigenvalue weighted by Gasteiger charge is 2.11. The van der Waals surface area contributed by atoms with Crippen LogP contribution in [0.5, 0.6) is 0 Å². The summed E-state index contributed by atoms with van der Waals surface area (Å²) < 4.78 is 0. The van der Waals surface area contributed by atoms with Gasteiger partial charge in [-0.05, 0) is 53.5 Å². The molecule has 0 unspecified atom stereocenters. The monoisotopic (exact) mass is 183 g/mol. The second kappa shape index (κ2) is 7.14. The molecule has 0 N–H and O–H groups in total. The second-order valence-electron chi connectivity index (χ2n) is 4.21. The van der Waals surface area contributed by atoms with Gasteiger partial charge in [0.25, 0.3) is 0 Å². The van der Waals surface area contributed by atoms with E-state index in [1.54, 1.807) is 0 Å². The first-order chi connectivity index (χ1) is 6.09. The summed E-state index contributed by atoms with van der Waals surface area (Å²) in [7, 11) is 0. The van der Waals surface area contributed by atoms with Crippen LogP contribution in [0.15, 0.2) is 12.7 Å². The zero-order chi connectivity index (χ0) is 10.3. The Balaban J connectivity index is 3.63. The van der Waals surface area contributed by atoms with Gasteiger partial charge in [-0.25, -0.2) is 0 Å². The van der Waals surface area contributed by atoms with Gasteiger partial charge in [0, 0.05) is 12.1 Å². The predicted molar refractivity (Wildman–Crippen MR) is 61.0 cm³/mol. The predicted octanol–water partition coefficient (Wildman–Crippen LogP) is 3.46. The molecule has 0 atom stereocenters. The summed E-state index contributed by atoms with van der Waals surface area (Å²) in [6.07, 6.45) is 5.74. The molecule has 0 saturated heterocycles. The van der Waals surface area contributed by atoms with Crippen LogP contribution in [0.25, 0.3) is 0 Å². The van der Waals surface area contributed by atoms with Crippen LogP contribution in [0.3, 0.4) is 0 Å². The molecule has 0 rings (SSSR count). The molecule has 1 heteroatoms. The Morgan fingerprint density at radius 2 is 1.62 bits per heavy atom. The summed E-state index contributed by atoms with van der Waals surface area (Å²) in [5.74, 6) is 0. The number of rotatable bonds is 7. The Morgan fingerprint density at radius 3 is 2.00 bits per heavy atom. The fourth-order valence-corrected chi connectivity index (χ4v) is 1.70. The van der Waals surface area contributed by atoms with E-state index < -0.39 is 0 Å². The molecule has 1 nitrogen and oxygen atoms in total. The van der Waals surface area contributed by atoms with Crippen LogP contribution in [-0.2, 0) is 0 Å². The lowest BCUT2D eigenvalue weighted by atomic mass is 10.2. The van der Waals surface area contributed by atoms with E-state index in [2.05, 4.69) is 39.2 Å². The van der Waals surface area contributed by atoms with E-state index in [4.69, 9.17) is 0 Å². The average Bonchev–Trinajstić information content (AvgIpc) is 2.02. The largest absolute Gasteiger partial charge is 0.299 e. The van der Waals surface area contributed by atoms with Crippen molar-refractivity contribution in [2.75, 3.05) is 6.54 Å². The first-order valence-corrected chi connectivity index (χ1v) is 5.46. The standard InChI is InChI=1S/C12H25N/c1-6-7-8-9-10-13(11(2)3)12(4)5/h6,11-12H,1,7-10H2,2-5H3. The zero-order valence-corrected chi connectivity index (χ0v) is 9.71. The molecule has 78 valence electrons. The summed E-state index contributed by atoms with van der Waals surface area (Å²) in [6, 6.07) is 1.34. The molecule has 0 aromatic heterocycles. The first-order valence-electron chi connectivity index (χ1n) is 5.46. The van der Waals surface area contributed by atoms with Crippen molar-refractivity contribution in [3.63, 3.8) is 0 Å². The van der Waals surface area contributed by atoms with Gasteiger partial charge >= 0.3 is 0 Å². The van der Waals surface area contributed by atoms with Gasteiger partial charge in [-0.3, -0.25) is 4.90 Å². The Labute approximate surface area is 83.8 Å². The molecule has 0 heterocycles. The number of unbranched alkanes of at least 4 members (excludes halogenated alkanes) is 2. The van der Waals surface area contributed by atoms with Crippen molar-refractivity contribution in [2.24, 2.45) is 0 Å². The van der Waals surface area contributed by atoms with Gasteiger partial charge in [-0.15, -0.1) is 6.58 Å². The topological polar surface area (TPSA) is 3.24 Å². The lowest BCUT2D eigenvalue weighted by Gasteiger charge is -2.30. The summed E-state index contributed by atoms with van der Waals surface area (Å²) in [5.41, 5.74) is 0. The van der Waals surface area contributed by atoms with E-state index >= 15 is 0 Å². The van der Waals surface area contributed by atoms with Crippen molar-refractivity contribution >= 4 is 0 Å². The summed E-state index contributed by atoms with van der Waals surface area (Å²) in [6.45, 7) is 14.0. The van der Waals surface area contributed by atoms with Crippen molar-refractivity contribution in [1.29, 1.82) is 0 Å². The molecule has 0 bridgehead atoms. The molecular weight excluding hydrogens is 158 g/mol. The Hall–Kier alpha value is -0.300. The normalized spacial score (nSPS) is 11.6. The quantitative estimate of drug-likeness (QED) is 0.431. The van der Waals surface area contributed by atoms with Crippen molar-refractivity contribution < 1.29 is 0 Å². The lowest BCUT2D eigenvalue weighted by molar-refractivity contribution is 0.172. The maximum absolute atomic E-state index is 3.73. The fourth-order valence-electron chi connectivity index (χ4n) is 1.70. The van der Waals surface area contributed by atoms with Crippen LogP contribution >= 0.6 is 0 Å². The van der Waals surface area contributed by atoms with Crippen molar-refractivity contribution in [3.8, 4) is 0 Å². The van der Waals surface area contributed by atoms with E-state index in [0.29, 0.717) is 12.1 Å². The molecule has 0 amide bonds. The van der Waals surface area contributed by atoms with Crippen molar-refractivity contribution in [2.45, 2.75) is 59.0 Å². The van der Waals surface area contributed by atoms with E-state index in [-0.39, 0.29) is 0 Å². The fraction of sp³-hybridized carbons (Fsp3) is 0.833. The minimum Gasteiger partial charge on any atom is -0.299 e. The Morgan fingerprint density at radius 1 is 1.08 bits per heavy atom. The molecule has 0 saturated carbocycles. The maximum Gasteiger partial charge on any atom is 0.00412 e. The highest BCUT2D eigenvalue weighted by Crippen LogP contribution is 2.07. The SMILES string of the molecule is C=CCCCCN(C(C)C)C(C)C. The van der Waals surface area contributed by atoms with Crippen LogP contribution in [0.2, 0.25) is 0 Å². The lowest BCUT2D eigenvalue weighted by Crippen LogP contribution is -2.37. The van der Waals surface area contributed by atoms with E-state index in [9.17, 15) is 0 Å². The number of allylic oxidation sites excluding steroid dienone is 1. The second-order valence-corrected chi connectivity index (χ2v) is 4.21. The molecule has 0 fully saturated rings. The molecular formula is C12H25N. The minimum absolute atomic E-state index is 0.670. The molecule has 0 aliphatic heterocycles. The van der Waals surface area contributed by atoms with Gasteiger partial charge in [-0.2, -0.15) is 0 Å². The first kappa shape index (κ1) is 12.7. The van der Waals surface area contributed by atoms with Gasteiger partial charge in [-0.1, -0.05) is 6.08 Å². The molecule has 0 spiro atoms. The highest BCUT2D eigenvalue weighted by molar-refractivity contribution is 4.69. The van der Waals surface area contributed by atoms with Gasteiger partial charge < -0.3 is 0 Å². The zero-order valence-electron chi connectivity index (χ0n) is 9.71. The third kappa shape index (κ3) is 5.87. The van der Waals surface area contributed by atoms with E-state index in [0.717, 1.165) is 6.42 Å². The highest BCUT2D eigenvalue weighted by atomic mass is 15.2. The molecule has 0 aromatic rings. The third-order valence-corrected chi connectivity index (χ3v) is 2.40. The maximum atomic E-state index is 3.73. The van der Waals surface area contributed by atoms with Gasteiger partial charge in [0.15, 0.2) is 0 Å². The Bertz CT molecular complexity index is 119. The molecule has 13 heavy (non-hydrogen) atoms. The number of nitrogens with zero attached hydrogens (tertiary/aromatic N) is 1. The van der Waals surface area contributed by atoms with E-state index in [1.165, 1.54) is 19.4 Å². The molecule has 0 aliphatic carbocycles. The van der Waals surface area contributed by atoms with Gasteiger partial charge in [0.2, 0.25) is 0 Å². The van der Waals surface area contributed by atoms with Crippen LogP contribution in [-0.4, -0.2) is 23.5 Å². The number of hydrogen-bond acceptors (Lipinski definition) is 1. The molecule has 0 aromatic carbocycles. The summed E-state index contributed by atoms with van der Waals surface area (Å²) in [4.78, 5) is 2.54. The van der Waals surface area contributed by atoms with Crippen LogP contribution in [0.1, 0.15) is 47.0 Å². The van der Waals surface area contributed by atoms with Gasteiger partial charge in [0.05, 0.1) is 0 Å². The third-order valence-electron chi connectivity index (χ3n) is 2.40. The summed E-state index contributed by atoms with van der Waals surface area (Å²) in [5, 5.41) is 0. The molecule has 0 radical (unpaired) electrons. The van der Waals surface area contributed by atoms with Crippen molar-refractivity contribution in [3.05, 3.63) is 12.7 Å². The number of hydrogen-bond donors (Lipinski definition) is 0. The van der Waals surface area contributed by atoms with Crippen LogP contribution in [0.4, 0.5) is 0 Å². The Kier molecular flexibility index (Phi) is 6.97. The van der Waals surface area contributed by atoms with E-state index in [1.807, 2.05) is 6.08 Å². The van der Waals surface area contributed by atoms with Crippen LogP contribution in [0, 0.1) is 0 Å². The minimum atomic E-state index is 0.670.